The Bertz CT molecular complexity index is 1520. The Balaban J connectivity index is 1.17. The maximum absolute atomic E-state index is 6.21. The molecule has 1 fully saturated rings. The van der Waals surface area contributed by atoms with Crippen LogP contribution in [0.15, 0.2) is 73.3 Å². The SMILES string of the molecule is Cc1cc(NC2CCN(Cc3ccc(-n4c(-c5cccnc5N)nc5cccnc54)cc3)CC2)ncn1. The fraction of sp³-hybridized carbons (Fsp3) is 0.250. The third-order valence-electron chi connectivity index (χ3n) is 6.84. The quantitative estimate of drug-likeness (QED) is 0.363. The summed E-state index contributed by atoms with van der Waals surface area (Å²) in [5.74, 6) is 2.10. The number of anilines is 2. The lowest BCUT2D eigenvalue weighted by Crippen LogP contribution is -2.38. The molecule has 0 spiro atoms. The van der Waals surface area contributed by atoms with Crippen LogP contribution >= 0.6 is 0 Å². The number of piperidine rings is 1. The molecule has 9 heteroatoms. The van der Waals surface area contributed by atoms with Gasteiger partial charge in [0.2, 0.25) is 0 Å². The second-order valence-electron chi connectivity index (χ2n) is 9.46. The summed E-state index contributed by atoms with van der Waals surface area (Å²) in [4.78, 5) is 24.7. The fourth-order valence-corrected chi connectivity index (χ4v) is 4.93. The van der Waals surface area contributed by atoms with E-state index in [-0.39, 0.29) is 0 Å². The Morgan fingerprint density at radius 3 is 2.51 bits per heavy atom. The minimum absolute atomic E-state index is 0.438. The van der Waals surface area contributed by atoms with Crippen LogP contribution in [-0.4, -0.2) is 53.5 Å². The Morgan fingerprint density at radius 1 is 0.946 bits per heavy atom. The summed E-state index contributed by atoms with van der Waals surface area (Å²) in [6.45, 7) is 5.00. The predicted molar refractivity (Wildman–Crippen MR) is 145 cm³/mol. The molecular weight excluding hydrogens is 462 g/mol. The second-order valence-corrected chi connectivity index (χ2v) is 9.46. The first-order valence-electron chi connectivity index (χ1n) is 12.6. The predicted octanol–water partition coefficient (Wildman–Crippen LogP) is 4.24. The van der Waals surface area contributed by atoms with Crippen molar-refractivity contribution in [1.82, 2.24) is 34.4 Å². The highest BCUT2D eigenvalue weighted by Gasteiger charge is 2.20. The molecular formula is C28H29N9. The number of nitrogens with zero attached hydrogens (tertiary/aromatic N) is 7. The lowest BCUT2D eigenvalue weighted by molar-refractivity contribution is 0.211. The number of hydrogen-bond acceptors (Lipinski definition) is 8. The Hall–Kier alpha value is -4.37. The van der Waals surface area contributed by atoms with Crippen molar-refractivity contribution in [1.29, 1.82) is 0 Å². The van der Waals surface area contributed by atoms with E-state index in [0.29, 0.717) is 11.9 Å². The maximum atomic E-state index is 6.21. The van der Waals surface area contributed by atoms with Crippen LogP contribution in [0.25, 0.3) is 28.2 Å². The van der Waals surface area contributed by atoms with Gasteiger partial charge >= 0.3 is 0 Å². The monoisotopic (exact) mass is 491 g/mol. The van der Waals surface area contributed by atoms with Gasteiger partial charge in [-0.15, -0.1) is 0 Å². The molecule has 0 radical (unpaired) electrons. The summed E-state index contributed by atoms with van der Waals surface area (Å²) in [6.07, 6.45) is 7.27. The molecule has 1 saturated heterocycles. The molecule has 0 saturated carbocycles. The van der Waals surface area contributed by atoms with Gasteiger partial charge in [0.1, 0.15) is 23.5 Å². The van der Waals surface area contributed by atoms with Gasteiger partial charge in [-0.25, -0.2) is 24.9 Å². The molecule has 4 aromatic heterocycles. The van der Waals surface area contributed by atoms with Gasteiger partial charge in [0, 0.05) is 55.5 Å². The third-order valence-corrected chi connectivity index (χ3v) is 6.84. The van der Waals surface area contributed by atoms with Gasteiger partial charge in [-0.05, 0) is 61.7 Å². The molecule has 6 rings (SSSR count). The van der Waals surface area contributed by atoms with Crippen LogP contribution in [0.1, 0.15) is 24.1 Å². The van der Waals surface area contributed by atoms with Crippen molar-refractivity contribution in [2.24, 2.45) is 0 Å². The molecule has 3 N–H and O–H groups in total. The molecule has 0 bridgehead atoms. The Labute approximate surface area is 215 Å². The summed E-state index contributed by atoms with van der Waals surface area (Å²) in [7, 11) is 0. The summed E-state index contributed by atoms with van der Waals surface area (Å²) >= 11 is 0. The molecule has 37 heavy (non-hydrogen) atoms. The van der Waals surface area contributed by atoms with Crippen LogP contribution < -0.4 is 11.1 Å². The van der Waals surface area contributed by atoms with Crippen molar-refractivity contribution in [2.75, 3.05) is 24.1 Å². The third kappa shape index (κ3) is 4.85. The summed E-state index contributed by atoms with van der Waals surface area (Å²) in [5, 5.41) is 3.56. The van der Waals surface area contributed by atoms with Crippen LogP contribution in [0.2, 0.25) is 0 Å². The van der Waals surface area contributed by atoms with Crippen molar-refractivity contribution >= 4 is 22.8 Å². The minimum Gasteiger partial charge on any atom is -0.383 e. The normalized spacial score (nSPS) is 14.7. The zero-order valence-electron chi connectivity index (χ0n) is 20.7. The number of nitrogen functional groups attached to an aromatic ring is 1. The number of pyridine rings is 2. The number of rotatable bonds is 6. The fourth-order valence-electron chi connectivity index (χ4n) is 4.93. The van der Waals surface area contributed by atoms with Gasteiger partial charge in [0.05, 0.1) is 5.56 Å². The molecule has 9 nitrogen and oxygen atoms in total. The van der Waals surface area contributed by atoms with Crippen LogP contribution in [0, 0.1) is 6.92 Å². The van der Waals surface area contributed by atoms with Crippen LogP contribution in [0.3, 0.4) is 0 Å². The molecule has 1 aromatic carbocycles. The lowest BCUT2D eigenvalue weighted by Gasteiger charge is -2.32. The number of aromatic nitrogens is 6. The molecule has 0 unspecified atom stereocenters. The van der Waals surface area contributed by atoms with Crippen LogP contribution in [0.4, 0.5) is 11.6 Å². The van der Waals surface area contributed by atoms with E-state index in [2.05, 4.69) is 59.0 Å². The Kier molecular flexibility index (Phi) is 6.20. The molecule has 0 atom stereocenters. The average molecular weight is 492 g/mol. The van der Waals surface area contributed by atoms with E-state index in [4.69, 9.17) is 10.7 Å². The number of nitrogens with one attached hydrogen (secondary N) is 1. The maximum Gasteiger partial charge on any atom is 0.164 e. The molecule has 1 aliphatic rings. The summed E-state index contributed by atoms with van der Waals surface area (Å²) < 4.78 is 2.05. The first-order chi connectivity index (χ1) is 18.1. The van der Waals surface area contributed by atoms with Crippen LogP contribution in [0.5, 0.6) is 0 Å². The van der Waals surface area contributed by atoms with Gasteiger partial charge in [0.25, 0.3) is 0 Å². The van der Waals surface area contributed by atoms with E-state index in [1.165, 1.54) is 5.56 Å². The van der Waals surface area contributed by atoms with Crippen molar-refractivity contribution in [3.8, 4) is 17.1 Å². The molecule has 5 aromatic rings. The number of fused-ring (bicyclic) bond motifs is 1. The average Bonchev–Trinajstić information content (AvgIpc) is 3.30. The van der Waals surface area contributed by atoms with Crippen molar-refractivity contribution < 1.29 is 0 Å². The number of aryl methyl sites for hydroxylation is 1. The first kappa shape index (κ1) is 23.1. The topological polar surface area (TPSA) is 111 Å². The molecule has 186 valence electrons. The number of imidazole rings is 1. The lowest BCUT2D eigenvalue weighted by atomic mass is 10.0. The van der Waals surface area contributed by atoms with Crippen molar-refractivity contribution in [3.05, 3.63) is 84.6 Å². The van der Waals surface area contributed by atoms with E-state index in [1.54, 1.807) is 18.7 Å². The second kappa shape index (κ2) is 9.94. The van der Waals surface area contributed by atoms with Gasteiger partial charge < -0.3 is 11.1 Å². The van der Waals surface area contributed by atoms with Crippen LogP contribution in [-0.2, 0) is 6.54 Å². The standard InChI is InChI=1S/C28H29N9/c1-19-16-25(33-18-32-19)34-21-10-14-36(15-11-21)17-20-6-8-22(9-7-20)37-27(23-4-2-12-30-26(23)29)35-24-5-3-13-31-28(24)37/h2-9,12-13,16,18,21H,10-11,14-15,17H2,1H3,(H2,29,30)(H,32,33,34). The summed E-state index contributed by atoms with van der Waals surface area (Å²) in [5.41, 5.74) is 11.9. The van der Waals surface area contributed by atoms with E-state index >= 15 is 0 Å². The van der Waals surface area contributed by atoms with E-state index in [9.17, 15) is 0 Å². The van der Waals surface area contributed by atoms with Crippen molar-refractivity contribution in [3.63, 3.8) is 0 Å². The van der Waals surface area contributed by atoms with Gasteiger partial charge in [-0.1, -0.05) is 12.1 Å². The van der Waals surface area contributed by atoms with Gasteiger partial charge in [-0.3, -0.25) is 9.47 Å². The molecule has 0 aliphatic carbocycles. The zero-order valence-corrected chi connectivity index (χ0v) is 20.7. The largest absolute Gasteiger partial charge is 0.383 e. The minimum atomic E-state index is 0.438. The highest BCUT2D eigenvalue weighted by atomic mass is 15.2. The highest BCUT2D eigenvalue weighted by molar-refractivity contribution is 5.82. The van der Waals surface area contributed by atoms with E-state index < -0.39 is 0 Å². The number of likely N-dealkylation sites (tertiary alicyclic amines) is 1. The first-order valence-corrected chi connectivity index (χ1v) is 12.6. The molecule has 5 heterocycles. The molecule has 0 amide bonds. The van der Waals surface area contributed by atoms with Crippen molar-refractivity contribution in [2.45, 2.75) is 32.4 Å². The van der Waals surface area contributed by atoms with E-state index in [1.807, 2.05) is 37.3 Å². The van der Waals surface area contributed by atoms with Gasteiger partial charge in [0.15, 0.2) is 11.5 Å². The number of benzene rings is 1. The smallest absolute Gasteiger partial charge is 0.164 e. The zero-order chi connectivity index (χ0) is 25.2. The van der Waals surface area contributed by atoms with E-state index in [0.717, 1.165) is 72.2 Å². The summed E-state index contributed by atoms with van der Waals surface area (Å²) in [6, 6.07) is 18.8. The highest BCUT2D eigenvalue weighted by Crippen LogP contribution is 2.30. The Morgan fingerprint density at radius 2 is 1.73 bits per heavy atom. The number of nitrogens with two attached hydrogens (primary N) is 1. The number of hydrogen-bond donors (Lipinski definition) is 2. The van der Waals surface area contributed by atoms with Gasteiger partial charge in [-0.2, -0.15) is 0 Å². The molecule has 1 aliphatic heterocycles.